The monoisotopic (exact) mass is 373 g/mol. The fourth-order valence-electron chi connectivity index (χ4n) is 1.51. The summed E-state index contributed by atoms with van der Waals surface area (Å²) in [6.45, 7) is 13.8. The highest BCUT2D eigenvalue weighted by Gasteiger charge is 2.09. The van der Waals surface area contributed by atoms with Crippen LogP contribution in [-0.2, 0) is 0 Å². The zero-order valence-electron chi connectivity index (χ0n) is 16.5. The highest BCUT2D eigenvalue weighted by atomic mass is 32.1. The fourth-order valence-corrected chi connectivity index (χ4v) is 2.05. The van der Waals surface area contributed by atoms with E-state index >= 15 is 0 Å². The largest absolute Gasteiger partial charge is 0.435 e. The lowest BCUT2D eigenvalue weighted by molar-refractivity contribution is 0.621. The van der Waals surface area contributed by atoms with Crippen LogP contribution >= 0.6 is 11.3 Å². The van der Waals surface area contributed by atoms with Gasteiger partial charge in [-0.2, -0.15) is 0 Å². The van der Waals surface area contributed by atoms with Crippen molar-refractivity contribution in [3.05, 3.63) is 54.7 Å². The lowest BCUT2D eigenvalue weighted by Crippen LogP contribution is -1.82. The second-order valence-corrected chi connectivity index (χ2v) is 5.76. The van der Waals surface area contributed by atoms with E-state index in [0.29, 0.717) is 11.6 Å². The summed E-state index contributed by atoms with van der Waals surface area (Å²) in [5.41, 5.74) is 9.62. The number of nitrogen functional groups attached to an aromatic ring is 1. The lowest BCUT2D eigenvalue weighted by Gasteiger charge is -1.88. The molecule has 26 heavy (non-hydrogen) atoms. The predicted molar refractivity (Wildman–Crippen MR) is 116 cm³/mol. The second kappa shape index (κ2) is 14.9. The number of benzene rings is 1. The van der Waals surface area contributed by atoms with Gasteiger partial charge in [0.15, 0.2) is 5.58 Å². The second-order valence-electron chi connectivity index (χ2n) is 4.87. The van der Waals surface area contributed by atoms with Gasteiger partial charge >= 0.3 is 0 Å². The Balaban J connectivity index is 0.000000478. The third kappa shape index (κ3) is 8.62. The molecule has 0 aliphatic heterocycles. The SMILES string of the molecule is C=C/C=C\C.CC.CCCC.Nc1ccc2oc(-c3cncs3)nc2c1. The molecule has 2 heterocycles. The number of nitrogens with two attached hydrogens (primary N) is 1. The first kappa shape index (κ1) is 23.6. The number of fused-ring (bicyclic) bond motifs is 1. The van der Waals surface area contributed by atoms with Crippen molar-refractivity contribution in [2.45, 2.75) is 47.5 Å². The number of aromatic nitrogens is 2. The molecule has 3 rings (SSSR count). The molecule has 5 heteroatoms. The molecule has 0 amide bonds. The third-order valence-electron chi connectivity index (χ3n) is 2.88. The van der Waals surface area contributed by atoms with E-state index in [2.05, 4.69) is 30.4 Å². The molecule has 0 spiro atoms. The van der Waals surface area contributed by atoms with Gasteiger partial charge in [-0.3, -0.25) is 4.98 Å². The molecule has 0 aliphatic carbocycles. The van der Waals surface area contributed by atoms with E-state index in [0.717, 1.165) is 16.0 Å². The molecule has 0 bridgehead atoms. The van der Waals surface area contributed by atoms with Crippen molar-refractivity contribution in [1.82, 2.24) is 9.97 Å². The minimum atomic E-state index is 0.595. The van der Waals surface area contributed by atoms with Gasteiger partial charge < -0.3 is 10.2 Å². The van der Waals surface area contributed by atoms with Gasteiger partial charge in [0.1, 0.15) is 10.4 Å². The maximum atomic E-state index is 5.66. The van der Waals surface area contributed by atoms with E-state index in [1.807, 2.05) is 39.0 Å². The van der Waals surface area contributed by atoms with Crippen LogP contribution in [0.4, 0.5) is 5.69 Å². The van der Waals surface area contributed by atoms with Gasteiger partial charge in [-0.05, 0) is 25.1 Å². The van der Waals surface area contributed by atoms with Crippen molar-refractivity contribution in [3.8, 4) is 10.8 Å². The van der Waals surface area contributed by atoms with E-state index in [1.165, 1.54) is 24.2 Å². The smallest absolute Gasteiger partial charge is 0.239 e. The number of hydrogen-bond acceptors (Lipinski definition) is 5. The van der Waals surface area contributed by atoms with Crippen molar-refractivity contribution in [2.75, 3.05) is 5.73 Å². The average molecular weight is 374 g/mol. The highest BCUT2D eigenvalue weighted by molar-refractivity contribution is 7.13. The number of allylic oxidation sites excluding steroid dienone is 3. The Morgan fingerprint density at radius 2 is 1.92 bits per heavy atom. The molecule has 0 saturated carbocycles. The quantitative estimate of drug-likeness (QED) is 0.392. The maximum Gasteiger partial charge on any atom is 0.239 e. The Kier molecular flexibility index (Phi) is 13.5. The summed E-state index contributed by atoms with van der Waals surface area (Å²) in [6.07, 6.45) is 9.95. The first-order valence-corrected chi connectivity index (χ1v) is 9.82. The number of thiazole rings is 1. The Morgan fingerprint density at radius 1 is 1.23 bits per heavy atom. The van der Waals surface area contributed by atoms with Gasteiger partial charge in [-0.15, -0.1) is 11.3 Å². The minimum Gasteiger partial charge on any atom is -0.435 e. The van der Waals surface area contributed by atoms with Gasteiger partial charge in [0.2, 0.25) is 5.89 Å². The van der Waals surface area contributed by atoms with Crippen LogP contribution in [0.5, 0.6) is 0 Å². The van der Waals surface area contributed by atoms with Crippen molar-refractivity contribution < 1.29 is 4.42 Å². The number of hydrogen-bond donors (Lipinski definition) is 1. The Hall–Kier alpha value is -2.40. The van der Waals surface area contributed by atoms with E-state index < -0.39 is 0 Å². The molecule has 0 fully saturated rings. The van der Waals surface area contributed by atoms with E-state index in [4.69, 9.17) is 10.2 Å². The Morgan fingerprint density at radius 3 is 2.38 bits per heavy atom. The van der Waals surface area contributed by atoms with Crippen molar-refractivity contribution in [1.29, 1.82) is 0 Å². The van der Waals surface area contributed by atoms with E-state index in [1.54, 1.807) is 29.9 Å². The maximum absolute atomic E-state index is 5.66. The summed E-state index contributed by atoms with van der Waals surface area (Å²) in [5.74, 6) is 0.595. The van der Waals surface area contributed by atoms with Gasteiger partial charge in [0.25, 0.3) is 0 Å². The average Bonchev–Trinajstić information content (AvgIpc) is 3.34. The van der Waals surface area contributed by atoms with Crippen LogP contribution in [0.1, 0.15) is 47.5 Å². The first-order valence-electron chi connectivity index (χ1n) is 8.94. The third-order valence-corrected chi connectivity index (χ3v) is 3.64. The molecule has 2 aromatic heterocycles. The van der Waals surface area contributed by atoms with Crippen LogP contribution in [0.15, 0.2) is 59.1 Å². The molecule has 0 saturated heterocycles. The van der Waals surface area contributed by atoms with Crippen molar-refractivity contribution in [2.24, 2.45) is 0 Å². The van der Waals surface area contributed by atoms with Crippen molar-refractivity contribution in [3.63, 3.8) is 0 Å². The first-order chi connectivity index (χ1) is 12.7. The molecule has 0 radical (unpaired) electrons. The zero-order valence-corrected chi connectivity index (χ0v) is 17.3. The zero-order chi connectivity index (χ0) is 19.8. The van der Waals surface area contributed by atoms with E-state index in [-0.39, 0.29) is 0 Å². The highest BCUT2D eigenvalue weighted by Crippen LogP contribution is 2.27. The number of unbranched alkanes of at least 4 members (excludes halogenated alkanes) is 1. The summed E-state index contributed by atoms with van der Waals surface area (Å²) < 4.78 is 5.57. The predicted octanol–water partition coefficient (Wildman–Crippen LogP) is 7.11. The molecule has 4 nitrogen and oxygen atoms in total. The van der Waals surface area contributed by atoms with E-state index in [9.17, 15) is 0 Å². The lowest BCUT2D eigenvalue weighted by atomic mass is 10.3. The molecule has 0 aliphatic rings. The minimum absolute atomic E-state index is 0.595. The Labute approximate surface area is 161 Å². The van der Waals surface area contributed by atoms with Crippen LogP contribution in [0.25, 0.3) is 21.9 Å². The molecule has 0 unspecified atom stereocenters. The number of anilines is 1. The number of rotatable bonds is 3. The molecular weight excluding hydrogens is 342 g/mol. The molecule has 142 valence electrons. The van der Waals surface area contributed by atoms with Crippen LogP contribution in [0.3, 0.4) is 0 Å². The fraction of sp³-hybridized carbons (Fsp3) is 0.333. The topological polar surface area (TPSA) is 64.9 Å². The number of oxazole rings is 1. The normalized spacial score (nSPS) is 9.42. The van der Waals surface area contributed by atoms with Crippen LogP contribution in [-0.4, -0.2) is 9.97 Å². The summed E-state index contributed by atoms with van der Waals surface area (Å²) in [5, 5.41) is 0. The molecule has 3 aromatic rings. The van der Waals surface area contributed by atoms with Gasteiger partial charge in [0.05, 0.1) is 11.7 Å². The van der Waals surface area contributed by atoms with Crippen molar-refractivity contribution >= 4 is 28.1 Å². The van der Waals surface area contributed by atoms with Gasteiger partial charge in [0, 0.05) is 5.69 Å². The summed E-state index contributed by atoms with van der Waals surface area (Å²) in [4.78, 5) is 9.24. The molecule has 0 atom stereocenters. The molecule has 2 N–H and O–H groups in total. The van der Waals surface area contributed by atoms with Crippen LogP contribution < -0.4 is 5.73 Å². The molecule has 1 aromatic carbocycles. The van der Waals surface area contributed by atoms with Crippen LogP contribution in [0.2, 0.25) is 0 Å². The van der Waals surface area contributed by atoms with Gasteiger partial charge in [-0.25, -0.2) is 4.98 Å². The number of nitrogens with zero attached hydrogens (tertiary/aromatic N) is 2. The summed E-state index contributed by atoms with van der Waals surface area (Å²) in [7, 11) is 0. The Bertz CT molecular complexity index is 744. The summed E-state index contributed by atoms with van der Waals surface area (Å²) in [6, 6.07) is 5.41. The van der Waals surface area contributed by atoms with Crippen LogP contribution in [0, 0.1) is 0 Å². The summed E-state index contributed by atoms with van der Waals surface area (Å²) >= 11 is 1.50. The molecular formula is C21H31N3OS. The van der Waals surface area contributed by atoms with Gasteiger partial charge in [-0.1, -0.05) is 65.3 Å². The standard InChI is InChI=1S/C10H7N3OS.C5H8.C4H10.C2H6/c11-6-1-2-8-7(3-6)13-10(14-8)9-4-12-5-15-9;1-3-5-4-2;1-3-4-2;1-2/h1-5H,11H2;3-5H,1H2,2H3;3-4H2,1-2H3;1-2H3/b;5-4-;;.